The number of hydrogen-bond acceptors (Lipinski definition) is 3. The van der Waals surface area contributed by atoms with E-state index >= 15 is 0 Å². The molecule has 0 radical (unpaired) electrons. The van der Waals surface area contributed by atoms with Crippen molar-refractivity contribution in [1.82, 2.24) is 10.2 Å². The molecule has 0 saturated carbocycles. The average molecular weight is 350 g/mol. The van der Waals surface area contributed by atoms with Crippen LogP contribution in [-0.4, -0.2) is 37.0 Å². The lowest BCUT2D eigenvalue weighted by atomic mass is 10.1. The molecule has 0 spiro atoms. The minimum absolute atomic E-state index is 0. The monoisotopic (exact) mass is 349 g/mol. The summed E-state index contributed by atoms with van der Waals surface area (Å²) >= 11 is 0. The van der Waals surface area contributed by atoms with Crippen molar-refractivity contribution in [2.75, 3.05) is 26.2 Å². The molecule has 3 N–H and O–H groups in total. The second-order valence-electron chi connectivity index (χ2n) is 4.91. The van der Waals surface area contributed by atoms with Crippen molar-refractivity contribution in [2.24, 2.45) is 5.73 Å². The molecule has 0 aromatic heterocycles. The number of nitrogens with one attached hydrogen (secondary N) is 1. The Balaban J connectivity index is 0. The minimum Gasteiger partial charge on any atom is -0.354 e. The third-order valence-electron chi connectivity index (χ3n) is 3.54. The summed E-state index contributed by atoms with van der Waals surface area (Å²) in [6, 6.07) is 8.90. The van der Waals surface area contributed by atoms with Crippen LogP contribution >= 0.6 is 24.8 Å². The Bertz CT molecular complexity index is 386. The number of carbonyl (C=O) groups excluding carboxylic acids is 1. The van der Waals surface area contributed by atoms with Crippen LogP contribution in [0.2, 0.25) is 0 Å². The molecule has 1 aromatic rings. The summed E-state index contributed by atoms with van der Waals surface area (Å²) in [7, 11) is 0. The Morgan fingerprint density at radius 1 is 1.14 bits per heavy atom. The van der Waals surface area contributed by atoms with Crippen molar-refractivity contribution in [2.45, 2.75) is 32.7 Å². The number of benzene rings is 1. The fourth-order valence-electron chi connectivity index (χ4n) is 2.13. The summed E-state index contributed by atoms with van der Waals surface area (Å²) < 4.78 is 0. The van der Waals surface area contributed by atoms with Crippen molar-refractivity contribution in [3.8, 4) is 0 Å². The predicted molar refractivity (Wildman–Crippen MR) is 97.9 cm³/mol. The van der Waals surface area contributed by atoms with Gasteiger partial charge >= 0.3 is 0 Å². The minimum atomic E-state index is -0.570. The van der Waals surface area contributed by atoms with E-state index in [9.17, 15) is 4.79 Å². The lowest BCUT2D eigenvalue weighted by molar-refractivity contribution is -0.122. The van der Waals surface area contributed by atoms with Gasteiger partial charge in [-0.2, -0.15) is 0 Å². The zero-order valence-corrected chi connectivity index (χ0v) is 15.1. The van der Waals surface area contributed by atoms with Crippen LogP contribution in [0, 0.1) is 0 Å². The first-order valence-electron chi connectivity index (χ1n) is 7.49. The van der Waals surface area contributed by atoms with Crippen LogP contribution < -0.4 is 11.1 Å². The molecule has 128 valence electrons. The summed E-state index contributed by atoms with van der Waals surface area (Å²) in [5, 5.41) is 2.91. The van der Waals surface area contributed by atoms with Crippen molar-refractivity contribution >= 4 is 30.7 Å². The van der Waals surface area contributed by atoms with Crippen molar-refractivity contribution in [1.29, 1.82) is 0 Å². The molecule has 6 heteroatoms. The molecule has 0 aliphatic carbocycles. The molecule has 4 nitrogen and oxygen atoms in total. The number of halogens is 2. The SMILES string of the molecule is CCN(CC)CCCCNC(=O)C(N)c1ccccc1.Cl.Cl. The number of nitrogens with two attached hydrogens (primary N) is 1. The number of nitrogens with zero attached hydrogens (tertiary/aromatic N) is 1. The van der Waals surface area contributed by atoms with Gasteiger partial charge in [0.1, 0.15) is 6.04 Å². The standard InChI is InChI=1S/C16H27N3O.2ClH/c1-3-19(4-2)13-9-8-12-18-16(20)15(17)14-10-6-5-7-11-14;;/h5-7,10-11,15H,3-4,8-9,12-13,17H2,1-2H3,(H,18,20);2*1H. The first-order valence-corrected chi connectivity index (χ1v) is 7.49. The van der Waals surface area contributed by atoms with Gasteiger partial charge in [-0.25, -0.2) is 0 Å². The molecule has 0 heterocycles. The maximum Gasteiger partial charge on any atom is 0.241 e. The number of rotatable bonds is 9. The molecule has 0 saturated heterocycles. The van der Waals surface area contributed by atoms with Gasteiger partial charge in [-0.05, 0) is 38.0 Å². The molecule has 1 rings (SSSR count). The molecule has 0 fully saturated rings. The van der Waals surface area contributed by atoms with E-state index in [0.717, 1.165) is 38.0 Å². The third kappa shape index (κ3) is 8.59. The van der Waals surface area contributed by atoms with E-state index in [1.807, 2.05) is 30.3 Å². The van der Waals surface area contributed by atoms with Crippen LogP contribution in [0.5, 0.6) is 0 Å². The second-order valence-corrected chi connectivity index (χ2v) is 4.91. The molecular weight excluding hydrogens is 321 g/mol. The molecule has 0 aliphatic rings. The fraction of sp³-hybridized carbons (Fsp3) is 0.562. The summed E-state index contributed by atoms with van der Waals surface area (Å²) in [6.07, 6.45) is 2.09. The van der Waals surface area contributed by atoms with Gasteiger partial charge in [0.25, 0.3) is 0 Å². The van der Waals surface area contributed by atoms with E-state index < -0.39 is 6.04 Å². The average Bonchev–Trinajstić information content (AvgIpc) is 2.50. The maximum atomic E-state index is 11.9. The Kier molecular flexibility index (Phi) is 14.7. The summed E-state index contributed by atoms with van der Waals surface area (Å²) in [4.78, 5) is 14.3. The van der Waals surface area contributed by atoms with Crippen LogP contribution in [-0.2, 0) is 4.79 Å². The topological polar surface area (TPSA) is 58.4 Å². The predicted octanol–water partition coefficient (Wildman–Crippen LogP) is 2.77. The van der Waals surface area contributed by atoms with E-state index in [1.165, 1.54) is 0 Å². The van der Waals surface area contributed by atoms with Crippen LogP contribution in [0.15, 0.2) is 30.3 Å². The van der Waals surface area contributed by atoms with Crippen LogP contribution in [0.25, 0.3) is 0 Å². The summed E-state index contributed by atoms with van der Waals surface area (Å²) in [5.41, 5.74) is 6.78. The van der Waals surface area contributed by atoms with Crippen LogP contribution in [0.3, 0.4) is 0 Å². The van der Waals surface area contributed by atoms with E-state index in [2.05, 4.69) is 24.1 Å². The van der Waals surface area contributed by atoms with Crippen LogP contribution in [0.1, 0.15) is 38.3 Å². The Labute approximate surface area is 146 Å². The Morgan fingerprint density at radius 2 is 1.73 bits per heavy atom. The van der Waals surface area contributed by atoms with Gasteiger partial charge in [-0.15, -0.1) is 24.8 Å². The number of amides is 1. The van der Waals surface area contributed by atoms with Gasteiger partial charge in [0.2, 0.25) is 5.91 Å². The molecule has 22 heavy (non-hydrogen) atoms. The van der Waals surface area contributed by atoms with Gasteiger partial charge < -0.3 is 16.0 Å². The van der Waals surface area contributed by atoms with E-state index in [-0.39, 0.29) is 30.7 Å². The van der Waals surface area contributed by atoms with Crippen molar-refractivity contribution in [3.63, 3.8) is 0 Å². The number of hydrogen-bond donors (Lipinski definition) is 2. The molecule has 0 aliphatic heterocycles. The van der Waals surface area contributed by atoms with E-state index in [1.54, 1.807) is 0 Å². The highest BCUT2D eigenvalue weighted by Crippen LogP contribution is 2.09. The van der Waals surface area contributed by atoms with Gasteiger partial charge in [0.15, 0.2) is 0 Å². The lowest BCUT2D eigenvalue weighted by Crippen LogP contribution is -2.35. The summed E-state index contributed by atoms with van der Waals surface area (Å²) in [6.45, 7) is 8.30. The van der Waals surface area contributed by atoms with Gasteiger partial charge in [-0.3, -0.25) is 4.79 Å². The molecular formula is C16H29Cl2N3O. The largest absolute Gasteiger partial charge is 0.354 e. The molecule has 1 unspecified atom stereocenters. The van der Waals surface area contributed by atoms with Crippen molar-refractivity contribution in [3.05, 3.63) is 35.9 Å². The molecule has 1 atom stereocenters. The Hall–Kier alpha value is -0.810. The lowest BCUT2D eigenvalue weighted by Gasteiger charge is -2.18. The highest BCUT2D eigenvalue weighted by atomic mass is 35.5. The zero-order valence-electron chi connectivity index (χ0n) is 13.5. The smallest absolute Gasteiger partial charge is 0.241 e. The zero-order chi connectivity index (χ0) is 14.8. The third-order valence-corrected chi connectivity index (χ3v) is 3.54. The van der Waals surface area contributed by atoms with Gasteiger partial charge in [0.05, 0.1) is 0 Å². The van der Waals surface area contributed by atoms with Gasteiger partial charge in [-0.1, -0.05) is 44.2 Å². The molecule has 1 aromatic carbocycles. The second kappa shape index (κ2) is 13.8. The first kappa shape index (κ1) is 23.5. The van der Waals surface area contributed by atoms with Gasteiger partial charge in [0, 0.05) is 6.54 Å². The van der Waals surface area contributed by atoms with Crippen LogP contribution in [0.4, 0.5) is 0 Å². The highest BCUT2D eigenvalue weighted by Gasteiger charge is 2.14. The fourth-order valence-corrected chi connectivity index (χ4v) is 2.13. The Morgan fingerprint density at radius 3 is 2.27 bits per heavy atom. The quantitative estimate of drug-likeness (QED) is 0.674. The van der Waals surface area contributed by atoms with Crippen molar-refractivity contribution < 1.29 is 4.79 Å². The maximum absolute atomic E-state index is 11.9. The number of unbranched alkanes of at least 4 members (excludes halogenated alkanes) is 1. The molecule has 0 bridgehead atoms. The first-order chi connectivity index (χ1) is 9.69. The number of carbonyl (C=O) groups is 1. The van der Waals surface area contributed by atoms with E-state index in [0.29, 0.717) is 6.54 Å². The van der Waals surface area contributed by atoms with E-state index in [4.69, 9.17) is 5.73 Å². The molecule has 1 amide bonds. The highest BCUT2D eigenvalue weighted by molar-refractivity contribution is 5.85. The summed E-state index contributed by atoms with van der Waals surface area (Å²) in [5.74, 6) is -0.0981. The normalized spacial score (nSPS) is 11.3.